The number of benzene rings is 1. The molecule has 1 atom stereocenters. The van der Waals surface area contributed by atoms with Gasteiger partial charge in [0.05, 0.1) is 25.4 Å². The van der Waals surface area contributed by atoms with E-state index in [0.717, 1.165) is 36.1 Å². The Morgan fingerprint density at radius 1 is 1.30 bits per heavy atom. The second-order valence-electron chi connectivity index (χ2n) is 6.62. The highest BCUT2D eigenvalue weighted by Gasteiger charge is 2.28. The topological polar surface area (TPSA) is 56.1 Å². The second kappa shape index (κ2) is 8.56. The van der Waals surface area contributed by atoms with Crippen LogP contribution < -0.4 is 5.32 Å². The Morgan fingerprint density at radius 2 is 2.07 bits per heavy atom. The number of ether oxygens (including phenoxy) is 1. The van der Waals surface area contributed by atoms with Crippen LogP contribution in [0.1, 0.15) is 42.1 Å². The third-order valence-electron chi connectivity index (χ3n) is 4.51. The zero-order valence-corrected chi connectivity index (χ0v) is 14.8. The molecular weight excluding hydrogens is 359 g/mol. The van der Waals surface area contributed by atoms with Gasteiger partial charge in [0.15, 0.2) is 0 Å². The summed E-state index contributed by atoms with van der Waals surface area (Å²) in [7, 11) is 0. The number of alkyl halides is 3. The Morgan fingerprint density at radius 3 is 2.81 bits per heavy atom. The van der Waals surface area contributed by atoms with Crippen LogP contribution >= 0.6 is 0 Å². The predicted octanol–water partition coefficient (Wildman–Crippen LogP) is 3.39. The lowest BCUT2D eigenvalue weighted by Crippen LogP contribution is -2.32. The Labute approximate surface area is 155 Å². The normalized spacial score (nSPS) is 16.8. The van der Waals surface area contributed by atoms with Crippen molar-refractivity contribution in [2.45, 2.75) is 44.4 Å². The minimum atomic E-state index is -4.37. The zero-order valence-electron chi connectivity index (χ0n) is 14.8. The summed E-state index contributed by atoms with van der Waals surface area (Å²) in [5.41, 5.74) is 3.24. The number of nitrogens with zero attached hydrogens (tertiary/aromatic N) is 2. The van der Waals surface area contributed by atoms with E-state index in [-0.39, 0.29) is 25.0 Å². The second-order valence-corrected chi connectivity index (χ2v) is 6.62. The lowest BCUT2D eigenvalue weighted by molar-refractivity contribution is -0.174. The van der Waals surface area contributed by atoms with Crippen LogP contribution in [0.2, 0.25) is 0 Å². The molecule has 3 rings (SSSR count). The number of halogens is 3. The van der Waals surface area contributed by atoms with Gasteiger partial charge >= 0.3 is 6.18 Å². The highest BCUT2D eigenvalue weighted by atomic mass is 19.4. The van der Waals surface area contributed by atoms with Crippen molar-refractivity contribution in [2.75, 3.05) is 13.2 Å². The molecule has 5 nitrogen and oxygen atoms in total. The van der Waals surface area contributed by atoms with Crippen molar-refractivity contribution >= 4 is 5.91 Å². The monoisotopic (exact) mass is 381 g/mol. The van der Waals surface area contributed by atoms with Crippen molar-refractivity contribution in [2.24, 2.45) is 0 Å². The maximum atomic E-state index is 12.0. The van der Waals surface area contributed by atoms with Gasteiger partial charge in [0.25, 0.3) is 0 Å². The van der Waals surface area contributed by atoms with Crippen molar-refractivity contribution in [1.29, 1.82) is 0 Å². The largest absolute Gasteiger partial charge is 0.411 e. The van der Waals surface area contributed by atoms with Gasteiger partial charge in [0.2, 0.25) is 5.91 Å². The molecule has 1 N–H and O–H groups in total. The first-order valence-corrected chi connectivity index (χ1v) is 8.95. The summed E-state index contributed by atoms with van der Waals surface area (Å²) in [5, 5.41) is 7.37. The third kappa shape index (κ3) is 5.56. The van der Waals surface area contributed by atoms with E-state index in [1.165, 1.54) is 0 Å². The van der Waals surface area contributed by atoms with Crippen molar-refractivity contribution < 1.29 is 22.7 Å². The molecule has 2 aromatic rings. The highest BCUT2D eigenvalue weighted by Crippen LogP contribution is 2.30. The van der Waals surface area contributed by atoms with Crippen molar-refractivity contribution in [3.8, 4) is 0 Å². The van der Waals surface area contributed by atoms with Crippen LogP contribution in [0.4, 0.5) is 13.2 Å². The average Bonchev–Trinajstić information content (AvgIpc) is 3.03. The van der Waals surface area contributed by atoms with Crippen LogP contribution in [0, 0.1) is 0 Å². The number of carbonyl (C=O) groups is 1. The van der Waals surface area contributed by atoms with Gasteiger partial charge in [0.1, 0.15) is 6.61 Å². The number of carbonyl (C=O) groups excluding carboxylic acids is 1. The summed E-state index contributed by atoms with van der Waals surface area (Å²) in [6.07, 6.45) is -0.0872. The summed E-state index contributed by atoms with van der Waals surface area (Å²) in [4.78, 5) is 12.0. The van der Waals surface area contributed by atoms with Gasteiger partial charge in [-0.15, -0.1) is 0 Å². The summed E-state index contributed by atoms with van der Waals surface area (Å²) in [6, 6.07) is 9.85. The van der Waals surface area contributed by atoms with Crippen molar-refractivity contribution in [3.63, 3.8) is 0 Å². The molecule has 1 aliphatic carbocycles. The van der Waals surface area contributed by atoms with Crippen LogP contribution in [-0.2, 0) is 22.5 Å². The lowest BCUT2D eigenvalue weighted by atomic mass is 9.92. The maximum Gasteiger partial charge on any atom is 0.411 e. The van der Waals surface area contributed by atoms with E-state index in [4.69, 9.17) is 0 Å². The Hall–Kier alpha value is -2.35. The Bertz CT molecular complexity index is 759. The van der Waals surface area contributed by atoms with E-state index in [1.807, 2.05) is 35.0 Å². The number of aromatic nitrogens is 2. The van der Waals surface area contributed by atoms with Crippen LogP contribution in [0.15, 0.2) is 36.5 Å². The molecule has 1 aromatic carbocycles. The Kier molecular flexibility index (Phi) is 6.15. The quantitative estimate of drug-likeness (QED) is 0.748. The first-order chi connectivity index (χ1) is 12.9. The fourth-order valence-corrected chi connectivity index (χ4v) is 3.28. The minimum absolute atomic E-state index is 0.0972. The van der Waals surface area contributed by atoms with Gasteiger partial charge < -0.3 is 10.1 Å². The lowest BCUT2D eigenvalue weighted by Gasteiger charge is -2.24. The Balaban J connectivity index is 1.56. The van der Waals surface area contributed by atoms with E-state index in [1.54, 1.807) is 6.20 Å². The van der Waals surface area contributed by atoms with E-state index in [9.17, 15) is 18.0 Å². The predicted molar refractivity (Wildman–Crippen MR) is 93.1 cm³/mol. The molecule has 27 heavy (non-hydrogen) atoms. The zero-order chi connectivity index (χ0) is 19.3. The molecule has 0 bridgehead atoms. The number of fused-ring (bicyclic) bond motifs is 1. The molecule has 1 unspecified atom stereocenters. The van der Waals surface area contributed by atoms with Crippen LogP contribution in [-0.4, -0.2) is 35.1 Å². The number of amides is 1. The van der Waals surface area contributed by atoms with Crippen LogP contribution in [0.5, 0.6) is 0 Å². The molecule has 1 aliphatic rings. The maximum absolute atomic E-state index is 12.0. The number of nitrogens with one attached hydrogen (secondary N) is 1. The molecule has 1 amide bonds. The molecule has 0 radical (unpaired) electrons. The van der Waals surface area contributed by atoms with E-state index < -0.39 is 12.8 Å². The molecule has 8 heteroatoms. The fraction of sp³-hybridized carbons (Fsp3) is 0.474. The molecule has 146 valence electrons. The molecule has 0 saturated heterocycles. The van der Waals surface area contributed by atoms with E-state index in [0.29, 0.717) is 6.54 Å². The van der Waals surface area contributed by atoms with Crippen LogP contribution in [0.25, 0.3) is 0 Å². The van der Waals surface area contributed by atoms with Gasteiger partial charge in [-0.3, -0.25) is 9.48 Å². The first-order valence-electron chi connectivity index (χ1n) is 8.95. The minimum Gasteiger partial charge on any atom is -0.372 e. The van der Waals surface area contributed by atoms with E-state index >= 15 is 0 Å². The van der Waals surface area contributed by atoms with Gasteiger partial charge in [-0.2, -0.15) is 18.3 Å². The fourth-order valence-electron chi connectivity index (χ4n) is 3.28. The van der Waals surface area contributed by atoms with Gasteiger partial charge in [-0.1, -0.05) is 30.3 Å². The molecule has 0 spiro atoms. The number of rotatable bonds is 7. The highest BCUT2D eigenvalue weighted by molar-refractivity contribution is 5.76. The van der Waals surface area contributed by atoms with E-state index in [2.05, 4.69) is 15.2 Å². The van der Waals surface area contributed by atoms with Gasteiger partial charge in [0, 0.05) is 17.7 Å². The van der Waals surface area contributed by atoms with Crippen molar-refractivity contribution in [3.05, 3.63) is 53.3 Å². The molecule has 1 heterocycles. The van der Waals surface area contributed by atoms with Gasteiger partial charge in [-0.05, 0) is 24.8 Å². The molecule has 0 saturated carbocycles. The molecule has 1 aromatic heterocycles. The SMILES string of the molecule is O=C(CCOCC(F)(F)F)NC1CCCc2c1cnn2Cc1ccccc1. The van der Waals surface area contributed by atoms with Gasteiger partial charge in [-0.25, -0.2) is 0 Å². The summed E-state index contributed by atoms with van der Waals surface area (Å²) >= 11 is 0. The summed E-state index contributed by atoms with van der Waals surface area (Å²) in [6.45, 7) is -0.916. The first kappa shape index (κ1) is 19.4. The smallest absolute Gasteiger partial charge is 0.372 e. The number of hydrogen-bond donors (Lipinski definition) is 1. The standard InChI is InChI=1S/C19H22F3N3O2/c20-19(21,22)13-27-10-9-18(26)24-16-7-4-8-17-15(16)11-23-25(17)12-14-5-2-1-3-6-14/h1-3,5-6,11,16H,4,7-10,12-13H2,(H,24,26). The summed E-state index contributed by atoms with van der Waals surface area (Å²) < 4.78 is 42.6. The third-order valence-corrected chi connectivity index (χ3v) is 4.51. The van der Waals surface area contributed by atoms with Crippen LogP contribution in [0.3, 0.4) is 0 Å². The summed E-state index contributed by atoms with van der Waals surface area (Å²) in [5.74, 6) is -0.314. The molecule has 0 fully saturated rings. The average molecular weight is 381 g/mol. The van der Waals surface area contributed by atoms with Crippen molar-refractivity contribution in [1.82, 2.24) is 15.1 Å². The molecule has 0 aliphatic heterocycles. The molecular formula is C19H22F3N3O2. The number of hydrogen-bond acceptors (Lipinski definition) is 3.